The van der Waals surface area contributed by atoms with Crippen molar-refractivity contribution in [2.45, 2.75) is 17.1 Å². The lowest BCUT2D eigenvalue weighted by molar-refractivity contribution is -0.120. The van der Waals surface area contributed by atoms with E-state index in [1.165, 1.54) is 21.7 Å². The predicted octanol–water partition coefficient (Wildman–Crippen LogP) is 4.44. The summed E-state index contributed by atoms with van der Waals surface area (Å²) in [5.74, 6) is -0.433. The fraction of sp³-hybridized carbons (Fsp3) is 0.250. The minimum absolute atomic E-state index is 0.156. The Labute approximate surface area is 193 Å². The number of thiazole rings is 1. The largest absolute Gasteiger partial charge is 0.302 e. The molecular weight excluding hydrogens is 476 g/mol. The van der Waals surface area contributed by atoms with E-state index in [1.54, 1.807) is 18.2 Å². The summed E-state index contributed by atoms with van der Waals surface area (Å²) in [6, 6.07) is 12.2. The van der Waals surface area contributed by atoms with Crippen LogP contribution >= 0.6 is 34.3 Å². The van der Waals surface area contributed by atoms with Crippen LogP contribution in [-0.4, -0.2) is 36.7 Å². The van der Waals surface area contributed by atoms with Crippen LogP contribution in [0.15, 0.2) is 46.0 Å². The Kier molecular flexibility index (Phi) is 6.41. The second-order valence-corrected chi connectivity index (χ2v) is 11.7. The molecule has 7 nitrogen and oxygen atoms in total. The minimum Gasteiger partial charge on any atom is -0.302 e. The number of thiophene rings is 1. The van der Waals surface area contributed by atoms with Crippen molar-refractivity contribution in [2.75, 3.05) is 18.4 Å². The smallest absolute Gasteiger partial charge is 0.252 e. The van der Waals surface area contributed by atoms with Gasteiger partial charge in [0.1, 0.15) is 4.21 Å². The maximum atomic E-state index is 12.7. The molecule has 1 N–H and O–H groups in total. The van der Waals surface area contributed by atoms with Gasteiger partial charge in [0.2, 0.25) is 5.91 Å². The first-order valence-electron chi connectivity index (χ1n) is 9.39. The van der Waals surface area contributed by atoms with E-state index in [0.717, 1.165) is 22.6 Å². The van der Waals surface area contributed by atoms with Gasteiger partial charge in [0.05, 0.1) is 21.7 Å². The molecule has 3 heterocycles. The number of piperidine rings is 1. The van der Waals surface area contributed by atoms with Crippen LogP contribution in [0.2, 0.25) is 4.34 Å². The van der Waals surface area contributed by atoms with Crippen LogP contribution in [0.4, 0.5) is 5.13 Å². The zero-order chi connectivity index (χ0) is 22.0. The number of nitrogens with one attached hydrogen (secondary N) is 1. The maximum Gasteiger partial charge on any atom is 0.252 e. The summed E-state index contributed by atoms with van der Waals surface area (Å²) in [6.45, 7) is 0.564. The van der Waals surface area contributed by atoms with Crippen molar-refractivity contribution in [3.8, 4) is 17.3 Å². The zero-order valence-electron chi connectivity index (χ0n) is 16.1. The lowest BCUT2D eigenvalue weighted by Crippen LogP contribution is -2.41. The molecule has 2 aromatic heterocycles. The highest BCUT2D eigenvalue weighted by Crippen LogP contribution is 2.31. The third-order valence-corrected chi connectivity index (χ3v) is 9.37. The number of hydrogen-bond acceptors (Lipinski definition) is 7. The lowest BCUT2D eigenvalue weighted by Gasteiger charge is -2.29. The molecule has 1 aliphatic rings. The Morgan fingerprint density at radius 1 is 1.19 bits per heavy atom. The van der Waals surface area contributed by atoms with Crippen LogP contribution in [0.3, 0.4) is 0 Å². The van der Waals surface area contributed by atoms with E-state index in [9.17, 15) is 13.2 Å². The number of rotatable bonds is 5. The summed E-state index contributed by atoms with van der Waals surface area (Å²) in [7, 11) is -3.58. The fourth-order valence-electron chi connectivity index (χ4n) is 3.31. The molecule has 160 valence electrons. The van der Waals surface area contributed by atoms with Gasteiger partial charge >= 0.3 is 0 Å². The molecule has 3 aromatic rings. The van der Waals surface area contributed by atoms with Gasteiger partial charge in [0.25, 0.3) is 10.0 Å². The molecule has 0 atom stereocenters. The average molecular weight is 493 g/mol. The SMILES string of the molecule is N#Cc1ccc(-c2csc(NC(=O)C3CCN(S(=O)(=O)c4ccc(Cl)s4)CC3)n2)cc1. The second kappa shape index (κ2) is 9.06. The number of sulfonamides is 1. The molecule has 1 amide bonds. The number of anilines is 1. The summed E-state index contributed by atoms with van der Waals surface area (Å²) < 4.78 is 27.5. The van der Waals surface area contributed by atoms with E-state index in [0.29, 0.717) is 27.9 Å². The quantitative estimate of drug-likeness (QED) is 0.567. The Hall–Kier alpha value is -2.29. The van der Waals surface area contributed by atoms with Crippen LogP contribution in [-0.2, 0) is 14.8 Å². The summed E-state index contributed by atoms with van der Waals surface area (Å²) in [4.78, 5) is 17.1. The van der Waals surface area contributed by atoms with Gasteiger partial charge in [0, 0.05) is 30.0 Å². The van der Waals surface area contributed by atoms with E-state index in [1.807, 2.05) is 17.5 Å². The van der Waals surface area contributed by atoms with Crippen molar-refractivity contribution >= 4 is 55.3 Å². The molecule has 1 aromatic carbocycles. The molecule has 0 saturated carbocycles. The third-order valence-electron chi connectivity index (χ3n) is 5.01. The molecule has 0 unspecified atom stereocenters. The third kappa shape index (κ3) is 4.81. The van der Waals surface area contributed by atoms with Crippen molar-refractivity contribution < 1.29 is 13.2 Å². The number of benzene rings is 1. The van der Waals surface area contributed by atoms with Gasteiger partial charge in [-0.25, -0.2) is 13.4 Å². The number of nitriles is 1. The van der Waals surface area contributed by atoms with Crippen molar-refractivity contribution in [2.24, 2.45) is 5.92 Å². The Morgan fingerprint density at radius 2 is 1.90 bits per heavy atom. The predicted molar refractivity (Wildman–Crippen MR) is 122 cm³/mol. The van der Waals surface area contributed by atoms with Crippen molar-refractivity contribution in [3.05, 3.63) is 51.7 Å². The number of nitrogens with zero attached hydrogens (tertiary/aromatic N) is 3. The summed E-state index contributed by atoms with van der Waals surface area (Å²) in [6.07, 6.45) is 0.885. The molecular formula is C20H17ClN4O3S3. The van der Waals surface area contributed by atoms with Gasteiger partial charge in [-0.05, 0) is 37.1 Å². The molecule has 0 aliphatic carbocycles. The molecule has 0 bridgehead atoms. The highest BCUT2D eigenvalue weighted by Gasteiger charge is 2.33. The highest BCUT2D eigenvalue weighted by atomic mass is 35.5. The van der Waals surface area contributed by atoms with E-state index in [4.69, 9.17) is 16.9 Å². The molecule has 1 aliphatic heterocycles. The molecule has 1 fully saturated rings. The normalized spacial score (nSPS) is 15.5. The van der Waals surface area contributed by atoms with Crippen LogP contribution < -0.4 is 5.32 Å². The standard InChI is InChI=1S/C20H17ClN4O3S3/c21-17-5-6-18(30-17)31(27,28)25-9-7-15(8-10-25)19(26)24-20-23-16(12-29-20)14-3-1-13(11-22)2-4-14/h1-6,12,15H,7-10H2,(H,23,24,26). The summed E-state index contributed by atoms with van der Waals surface area (Å²) in [5.41, 5.74) is 2.16. The highest BCUT2D eigenvalue weighted by molar-refractivity contribution is 7.91. The van der Waals surface area contributed by atoms with Crippen LogP contribution in [0.25, 0.3) is 11.3 Å². The fourth-order valence-corrected chi connectivity index (χ4v) is 7.14. The number of hydrogen-bond donors (Lipinski definition) is 1. The second-order valence-electron chi connectivity index (χ2n) is 6.95. The first-order chi connectivity index (χ1) is 14.9. The number of aromatic nitrogens is 1. The van der Waals surface area contributed by atoms with Gasteiger partial charge in [-0.1, -0.05) is 23.7 Å². The Balaban J connectivity index is 1.35. The molecule has 4 rings (SSSR count). The summed E-state index contributed by atoms with van der Waals surface area (Å²) in [5, 5.41) is 14.1. The Bertz CT molecular complexity index is 1240. The van der Waals surface area contributed by atoms with Gasteiger partial charge < -0.3 is 5.32 Å². The van der Waals surface area contributed by atoms with E-state index in [2.05, 4.69) is 16.4 Å². The van der Waals surface area contributed by atoms with Crippen molar-refractivity contribution in [1.82, 2.24) is 9.29 Å². The average Bonchev–Trinajstić information content (AvgIpc) is 3.43. The monoisotopic (exact) mass is 492 g/mol. The van der Waals surface area contributed by atoms with Crippen LogP contribution in [0.1, 0.15) is 18.4 Å². The topological polar surface area (TPSA) is 103 Å². The Morgan fingerprint density at radius 3 is 2.52 bits per heavy atom. The van der Waals surface area contributed by atoms with E-state index in [-0.39, 0.29) is 29.1 Å². The van der Waals surface area contributed by atoms with Gasteiger partial charge in [0.15, 0.2) is 5.13 Å². The van der Waals surface area contributed by atoms with Gasteiger partial charge in [-0.3, -0.25) is 4.79 Å². The maximum absolute atomic E-state index is 12.7. The van der Waals surface area contributed by atoms with Gasteiger partial charge in [-0.15, -0.1) is 22.7 Å². The number of amides is 1. The van der Waals surface area contributed by atoms with Crippen LogP contribution in [0.5, 0.6) is 0 Å². The van der Waals surface area contributed by atoms with E-state index < -0.39 is 10.0 Å². The molecule has 0 radical (unpaired) electrons. The minimum atomic E-state index is -3.58. The van der Waals surface area contributed by atoms with Crippen molar-refractivity contribution in [3.63, 3.8) is 0 Å². The van der Waals surface area contributed by atoms with Gasteiger partial charge in [-0.2, -0.15) is 9.57 Å². The zero-order valence-corrected chi connectivity index (χ0v) is 19.3. The molecule has 11 heteroatoms. The van der Waals surface area contributed by atoms with Crippen LogP contribution in [0, 0.1) is 17.2 Å². The summed E-state index contributed by atoms with van der Waals surface area (Å²) >= 11 is 8.23. The lowest BCUT2D eigenvalue weighted by atomic mass is 9.97. The molecule has 0 spiro atoms. The first kappa shape index (κ1) is 21.9. The first-order valence-corrected chi connectivity index (χ1v) is 12.9. The number of carbonyl (C=O) groups is 1. The van der Waals surface area contributed by atoms with E-state index >= 15 is 0 Å². The number of carbonyl (C=O) groups excluding carboxylic acids is 1. The molecule has 1 saturated heterocycles. The molecule has 31 heavy (non-hydrogen) atoms. The van der Waals surface area contributed by atoms with Crippen molar-refractivity contribution in [1.29, 1.82) is 5.26 Å². The number of halogens is 1.